The molecule has 1 aromatic rings. The van der Waals surface area contributed by atoms with Crippen LogP contribution < -0.4 is 4.74 Å². The highest BCUT2D eigenvalue weighted by molar-refractivity contribution is 9.09. The minimum absolute atomic E-state index is 0.118. The Labute approximate surface area is 105 Å². The number of carbonyl (C=O) groups is 1. The number of hydrogen-bond donors (Lipinski definition) is 0. The number of rotatable bonds is 3. The number of benzene rings is 1. The number of ketones is 1. The largest absolute Gasteiger partial charge is 0.496 e. The summed E-state index contributed by atoms with van der Waals surface area (Å²) in [5.41, 5.74) is 4.30. The van der Waals surface area contributed by atoms with E-state index in [0.29, 0.717) is 0 Å². The molecule has 0 fully saturated rings. The van der Waals surface area contributed by atoms with E-state index in [2.05, 4.69) is 15.9 Å². The zero-order chi connectivity index (χ0) is 12.5. The first-order valence-electron chi connectivity index (χ1n) is 5.19. The van der Waals surface area contributed by atoms with Gasteiger partial charge in [0.2, 0.25) is 0 Å². The lowest BCUT2D eigenvalue weighted by Crippen LogP contribution is -2.06. The molecule has 0 saturated carbocycles. The van der Waals surface area contributed by atoms with Crippen LogP contribution in [-0.4, -0.2) is 12.9 Å². The van der Waals surface area contributed by atoms with Gasteiger partial charge in [-0.15, -0.1) is 0 Å². The smallest absolute Gasteiger partial charge is 0.147 e. The minimum atomic E-state index is -0.226. The maximum Gasteiger partial charge on any atom is 0.147 e. The van der Waals surface area contributed by atoms with E-state index >= 15 is 0 Å². The Bertz CT molecular complexity index is 424. The van der Waals surface area contributed by atoms with Crippen LogP contribution in [0.2, 0.25) is 0 Å². The molecular weight excluding hydrogens is 268 g/mol. The molecular formula is C13H17BrO2. The molecule has 0 amide bonds. The van der Waals surface area contributed by atoms with E-state index in [-0.39, 0.29) is 10.6 Å². The molecule has 2 nitrogen and oxygen atoms in total. The molecule has 0 N–H and O–H groups in total. The molecule has 0 aliphatic carbocycles. The van der Waals surface area contributed by atoms with Crippen LogP contribution in [0.3, 0.4) is 0 Å². The van der Waals surface area contributed by atoms with Gasteiger partial charge in [0.25, 0.3) is 0 Å². The van der Waals surface area contributed by atoms with Crippen LogP contribution in [-0.2, 0) is 4.79 Å². The molecule has 1 unspecified atom stereocenters. The maximum atomic E-state index is 11.4. The van der Waals surface area contributed by atoms with E-state index < -0.39 is 0 Å². The van der Waals surface area contributed by atoms with E-state index in [1.165, 1.54) is 0 Å². The normalized spacial score (nSPS) is 12.4. The van der Waals surface area contributed by atoms with Gasteiger partial charge in [0, 0.05) is 0 Å². The average molecular weight is 285 g/mol. The first kappa shape index (κ1) is 13.2. The molecule has 0 bridgehead atoms. The second-order valence-electron chi connectivity index (χ2n) is 4.04. The summed E-state index contributed by atoms with van der Waals surface area (Å²) in [6.45, 7) is 7.62. The number of aryl methyl sites for hydroxylation is 1. The van der Waals surface area contributed by atoms with Gasteiger partial charge in [0.05, 0.1) is 11.9 Å². The van der Waals surface area contributed by atoms with Crippen molar-refractivity contribution in [2.24, 2.45) is 0 Å². The summed E-state index contributed by atoms with van der Waals surface area (Å²) in [5.74, 6) is 1.02. The Morgan fingerprint density at radius 3 is 2.31 bits per heavy atom. The fourth-order valence-electron chi connectivity index (χ4n) is 1.89. The molecule has 0 aromatic heterocycles. The molecule has 0 heterocycles. The predicted molar refractivity (Wildman–Crippen MR) is 69.6 cm³/mol. The highest BCUT2D eigenvalue weighted by atomic mass is 79.9. The van der Waals surface area contributed by atoms with Crippen molar-refractivity contribution < 1.29 is 9.53 Å². The molecule has 0 spiro atoms. The molecule has 1 atom stereocenters. The summed E-state index contributed by atoms with van der Waals surface area (Å²) in [7, 11) is 1.67. The van der Waals surface area contributed by atoms with Crippen molar-refractivity contribution in [1.82, 2.24) is 0 Å². The van der Waals surface area contributed by atoms with Gasteiger partial charge in [-0.05, 0) is 49.9 Å². The summed E-state index contributed by atoms with van der Waals surface area (Å²) < 4.78 is 5.35. The first-order valence-corrected chi connectivity index (χ1v) is 6.11. The van der Waals surface area contributed by atoms with Gasteiger partial charge in [-0.1, -0.05) is 22.0 Å². The van der Waals surface area contributed by atoms with Crippen molar-refractivity contribution >= 4 is 21.7 Å². The predicted octanol–water partition coefficient (Wildman–Crippen LogP) is 3.65. The molecule has 1 rings (SSSR count). The van der Waals surface area contributed by atoms with Crippen molar-refractivity contribution in [3.05, 3.63) is 28.3 Å². The van der Waals surface area contributed by atoms with Crippen LogP contribution in [0.25, 0.3) is 0 Å². The molecule has 16 heavy (non-hydrogen) atoms. The Morgan fingerprint density at radius 2 is 1.88 bits per heavy atom. The van der Waals surface area contributed by atoms with Crippen molar-refractivity contribution in [1.29, 1.82) is 0 Å². The third-order valence-electron chi connectivity index (χ3n) is 2.90. The standard InChI is InChI=1S/C13H17BrO2/c1-7-6-11(12(14)10(4)15)8(2)9(3)13(7)16-5/h6,12H,1-5H3. The Kier molecular flexibility index (Phi) is 4.14. The summed E-state index contributed by atoms with van der Waals surface area (Å²) in [4.78, 5) is 11.2. The number of hydrogen-bond acceptors (Lipinski definition) is 2. The summed E-state index contributed by atoms with van der Waals surface area (Å²) in [6, 6.07) is 2.02. The van der Waals surface area contributed by atoms with E-state index in [0.717, 1.165) is 28.0 Å². The summed E-state index contributed by atoms with van der Waals surface area (Å²) in [5, 5.41) is 0. The van der Waals surface area contributed by atoms with Gasteiger partial charge in [-0.2, -0.15) is 0 Å². The van der Waals surface area contributed by atoms with Gasteiger partial charge in [0.15, 0.2) is 0 Å². The Balaban J connectivity index is 3.39. The van der Waals surface area contributed by atoms with Crippen molar-refractivity contribution in [2.75, 3.05) is 7.11 Å². The number of methoxy groups -OCH3 is 1. The molecule has 3 heteroatoms. The van der Waals surface area contributed by atoms with Crippen molar-refractivity contribution in [3.63, 3.8) is 0 Å². The van der Waals surface area contributed by atoms with Crippen LogP contribution in [0.4, 0.5) is 0 Å². The first-order chi connectivity index (χ1) is 7.40. The number of Topliss-reactive ketones (excluding diaryl/α,β-unsaturated/α-hetero) is 1. The molecule has 88 valence electrons. The van der Waals surface area contributed by atoms with Crippen LogP contribution in [0.15, 0.2) is 6.07 Å². The van der Waals surface area contributed by atoms with Crippen LogP contribution >= 0.6 is 15.9 Å². The van der Waals surface area contributed by atoms with Crippen LogP contribution in [0.1, 0.15) is 34.0 Å². The number of halogens is 1. The molecule has 0 saturated heterocycles. The fourth-order valence-corrected chi connectivity index (χ4v) is 2.36. The van der Waals surface area contributed by atoms with Gasteiger partial charge in [-0.3, -0.25) is 4.79 Å². The lowest BCUT2D eigenvalue weighted by atomic mass is 9.95. The lowest BCUT2D eigenvalue weighted by Gasteiger charge is -2.17. The molecule has 1 aromatic carbocycles. The average Bonchev–Trinajstić information content (AvgIpc) is 2.23. The van der Waals surface area contributed by atoms with Crippen LogP contribution in [0.5, 0.6) is 5.75 Å². The highest BCUT2D eigenvalue weighted by Crippen LogP contribution is 2.34. The third-order valence-corrected chi connectivity index (χ3v) is 4.04. The second-order valence-corrected chi connectivity index (χ2v) is 4.95. The van der Waals surface area contributed by atoms with Crippen molar-refractivity contribution in [3.8, 4) is 5.75 Å². The zero-order valence-corrected chi connectivity index (χ0v) is 11.9. The molecule has 0 aliphatic heterocycles. The fraction of sp³-hybridized carbons (Fsp3) is 0.462. The zero-order valence-electron chi connectivity index (χ0n) is 10.3. The lowest BCUT2D eigenvalue weighted by molar-refractivity contribution is -0.116. The summed E-state index contributed by atoms with van der Waals surface area (Å²) >= 11 is 3.43. The molecule has 0 radical (unpaired) electrons. The second kappa shape index (κ2) is 5.00. The quantitative estimate of drug-likeness (QED) is 0.792. The van der Waals surface area contributed by atoms with Gasteiger partial charge in [-0.25, -0.2) is 0 Å². The Hall–Kier alpha value is -0.830. The molecule has 0 aliphatic rings. The van der Waals surface area contributed by atoms with E-state index in [9.17, 15) is 4.79 Å². The van der Waals surface area contributed by atoms with Gasteiger partial charge >= 0.3 is 0 Å². The number of alkyl halides is 1. The Morgan fingerprint density at radius 1 is 1.31 bits per heavy atom. The highest BCUT2D eigenvalue weighted by Gasteiger charge is 2.19. The van der Waals surface area contributed by atoms with E-state index in [4.69, 9.17) is 4.74 Å². The number of ether oxygens (including phenoxy) is 1. The minimum Gasteiger partial charge on any atom is -0.496 e. The third kappa shape index (κ3) is 2.29. The van der Waals surface area contributed by atoms with Crippen LogP contribution in [0, 0.1) is 20.8 Å². The van der Waals surface area contributed by atoms with Gasteiger partial charge < -0.3 is 4.74 Å². The summed E-state index contributed by atoms with van der Waals surface area (Å²) in [6.07, 6.45) is 0. The van der Waals surface area contributed by atoms with Crippen molar-refractivity contribution in [2.45, 2.75) is 32.5 Å². The van der Waals surface area contributed by atoms with Gasteiger partial charge in [0.1, 0.15) is 11.5 Å². The maximum absolute atomic E-state index is 11.4. The monoisotopic (exact) mass is 284 g/mol. The van der Waals surface area contributed by atoms with E-state index in [1.807, 2.05) is 26.8 Å². The number of carbonyl (C=O) groups excluding carboxylic acids is 1. The van der Waals surface area contributed by atoms with E-state index in [1.54, 1.807) is 14.0 Å². The topological polar surface area (TPSA) is 26.3 Å². The SMILES string of the molecule is COc1c(C)cc(C(Br)C(C)=O)c(C)c1C.